The molecule has 174 valence electrons. The van der Waals surface area contributed by atoms with E-state index >= 15 is 0 Å². The minimum absolute atomic E-state index is 0.0385. The minimum Gasteiger partial charge on any atom is -0.339 e. The summed E-state index contributed by atoms with van der Waals surface area (Å²) in [7, 11) is -3.97. The van der Waals surface area contributed by atoms with Gasteiger partial charge in [0.15, 0.2) is 0 Å². The molecule has 1 aliphatic rings. The molecule has 1 saturated heterocycles. The number of anilines is 1. The zero-order valence-corrected chi connectivity index (χ0v) is 19.9. The number of nitrogens with zero attached hydrogens (tertiary/aromatic N) is 2. The van der Waals surface area contributed by atoms with E-state index in [0.717, 1.165) is 29.7 Å². The second-order valence-electron chi connectivity index (χ2n) is 8.22. The Balaban J connectivity index is 1.45. The van der Waals surface area contributed by atoms with E-state index in [1.54, 1.807) is 39.8 Å². The van der Waals surface area contributed by atoms with Gasteiger partial charge in [-0.15, -0.1) is 0 Å². The van der Waals surface area contributed by atoms with Gasteiger partial charge in [0.25, 0.3) is 15.9 Å². The van der Waals surface area contributed by atoms with E-state index in [2.05, 4.69) is 4.72 Å². The number of thiazole rings is 1. The molecule has 0 spiro atoms. The Morgan fingerprint density at radius 2 is 1.65 bits per heavy atom. The van der Waals surface area contributed by atoms with E-state index in [9.17, 15) is 18.0 Å². The quantitative estimate of drug-likeness (QED) is 0.437. The SMILES string of the molecule is O=C(c1ccccc1NS(=O)(=O)c1ccc2c(c1)sc(=O)n2Cc1ccccc1)N1CCCC1. The molecule has 1 aliphatic heterocycles. The van der Waals surface area contributed by atoms with Crippen molar-refractivity contribution in [2.75, 3.05) is 17.8 Å². The summed E-state index contributed by atoms with van der Waals surface area (Å²) in [5.41, 5.74) is 2.24. The van der Waals surface area contributed by atoms with E-state index in [4.69, 9.17) is 0 Å². The van der Waals surface area contributed by atoms with Crippen LogP contribution in [-0.4, -0.2) is 36.9 Å². The lowest BCUT2D eigenvalue weighted by atomic mass is 10.1. The molecule has 0 unspecified atom stereocenters. The minimum atomic E-state index is -3.97. The van der Waals surface area contributed by atoms with Crippen LogP contribution in [0.1, 0.15) is 28.8 Å². The maximum atomic E-state index is 13.2. The maximum Gasteiger partial charge on any atom is 0.308 e. The molecule has 7 nitrogen and oxygen atoms in total. The van der Waals surface area contributed by atoms with E-state index in [1.165, 1.54) is 12.1 Å². The number of hydrogen-bond donors (Lipinski definition) is 1. The van der Waals surface area contributed by atoms with Crippen molar-refractivity contribution in [2.24, 2.45) is 0 Å². The number of fused-ring (bicyclic) bond motifs is 1. The summed E-state index contributed by atoms with van der Waals surface area (Å²) in [4.78, 5) is 27.2. The Kier molecular flexibility index (Phi) is 5.97. The van der Waals surface area contributed by atoms with Gasteiger partial charge in [0.05, 0.1) is 32.9 Å². The fraction of sp³-hybridized carbons (Fsp3) is 0.200. The average Bonchev–Trinajstić information content (AvgIpc) is 3.48. The van der Waals surface area contributed by atoms with Crippen molar-refractivity contribution in [3.05, 3.63) is 93.6 Å². The molecule has 1 amide bonds. The molecule has 34 heavy (non-hydrogen) atoms. The van der Waals surface area contributed by atoms with Gasteiger partial charge in [-0.1, -0.05) is 53.8 Å². The first-order chi connectivity index (χ1) is 16.4. The third-order valence-electron chi connectivity index (χ3n) is 5.93. The number of aromatic nitrogens is 1. The van der Waals surface area contributed by atoms with Crippen LogP contribution < -0.4 is 9.60 Å². The Labute approximate surface area is 201 Å². The molecule has 3 aromatic carbocycles. The zero-order chi connectivity index (χ0) is 23.7. The monoisotopic (exact) mass is 493 g/mol. The van der Waals surface area contributed by atoms with Crippen LogP contribution in [0.5, 0.6) is 0 Å². The first kappa shape index (κ1) is 22.4. The van der Waals surface area contributed by atoms with Crippen LogP contribution in [0.15, 0.2) is 82.5 Å². The number of amides is 1. The van der Waals surface area contributed by atoms with Gasteiger partial charge in [-0.05, 0) is 48.7 Å². The predicted octanol–water partition coefficient (Wildman–Crippen LogP) is 4.15. The van der Waals surface area contributed by atoms with Crippen LogP contribution >= 0.6 is 11.3 Å². The van der Waals surface area contributed by atoms with Gasteiger partial charge in [0.2, 0.25) is 0 Å². The fourth-order valence-corrected chi connectivity index (χ4v) is 6.29. The highest BCUT2D eigenvalue weighted by atomic mass is 32.2. The topological polar surface area (TPSA) is 88.5 Å². The van der Waals surface area contributed by atoms with E-state index in [1.807, 2.05) is 30.3 Å². The number of sulfonamides is 1. The summed E-state index contributed by atoms with van der Waals surface area (Å²) in [5.74, 6) is -0.178. The summed E-state index contributed by atoms with van der Waals surface area (Å²) >= 11 is 1.01. The highest BCUT2D eigenvalue weighted by Gasteiger charge is 2.24. The molecule has 2 heterocycles. The van der Waals surface area contributed by atoms with Gasteiger partial charge in [-0.2, -0.15) is 0 Å². The number of carbonyl (C=O) groups excluding carboxylic acids is 1. The Bertz CT molecular complexity index is 1520. The molecule has 9 heteroatoms. The molecule has 0 radical (unpaired) electrons. The first-order valence-electron chi connectivity index (χ1n) is 11.0. The van der Waals surface area contributed by atoms with Crippen molar-refractivity contribution in [2.45, 2.75) is 24.3 Å². The maximum absolute atomic E-state index is 13.2. The van der Waals surface area contributed by atoms with E-state index in [-0.39, 0.29) is 21.4 Å². The van der Waals surface area contributed by atoms with Crippen molar-refractivity contribution < 1.29 is 13.2 Å². The largest absolute Gasteiger partial charge is 0.339 e. The van der Waals surface area contributed by atoms with Crippen LogP contribution in [-0.2, 0) is 16.6 Å². The van der Waals surface area contributed by atoms with Gasteiger partial charge < -0.3 is 4.90 Å². The Morgan fingerprint density at radius 3 is 2.41 bits per heavy atom. The number of hydrogen-bond acceptors (Lipinski definition) is 5. The van der Waals surface area contributed by atoms with Crippen LogP contribution in [0.25, 0.3) is 10.2 Å². The van der Waals surface area contributed by atoms with Gasteiger partial charge in [0, 0.05) is 13.1 Å². The van der Waals surface area contributed by atoms with Gasteiger partial charge in [-0.3, -0.25) is 18.9 Å². The molecule has 5 rings (SSSR count). The number of carbonyl (C=O) groups is 1. The summed E-state index contributed by atoms with van der Waals surface area (Å²) in [6.07, 6.45) is 1.90. The number of nitrogens with one attached hydrogen (secondary N) is 1. The van der Waals surface area contributed by atoms with Gasteiger partial charge in [0.1, 0.15) is 0 Å². The normalized spacial score (nSPS) is 13.9. The van der Waals surface area contributed by atoms with Crippen molar-refractivity contribution in [1.82, 2.24) is 9.47 Å². The smallest absolute Gasteiger partial charge is 0.308 e. The molecule has 0 atom stereocenters. The third kappa shape index (κ3) is 4.36. The molecule has 1 N–H and O–H groups in total. The summed E-state index contributed by atoms with van der Waals surface area (Å²) in [5, 5.41) is 0. The Hall–Kier alpha value is -3.43. The molecule has 0 bridgehead atoms. The molecular weight excluding hydrogens is 470 g/mol. The number of rotatable bonds is 6. The van der Waals surface area contributed by atoms with E-state index in [0.29, 0.717) is 35.4 Å². The highest BCUT2D eigenvalue weighted by molar-refractivity contribution is 7.92. The van der Waals surface area contributed by atoms with Crippen molar-refractivity contribution in [3.63, 3.8) is 0 Å². The fourth-order valence-electron chi connectivity index (χ4n) is 4.18. The van der Waals surface area contributed by atoms with Gasteiger partial charge >= 0.3 is 4.87 Å². The predicted molar refractivity (Wildman–Crippen MR) is 134 cm³/mol. The second-order valence-corrected chi connectivity index (χ2v) is 10.9. The molecule has 1 aromatic heterocycles. The van der Waals surface area contributed by atoms with Crippen molar-refractivity contribution in [1.29, 1.82) is 0 Å². The van der Waals surface area contributed by atoms with Crippen molar-refractivity contribution >= 4 is 43.2 Å². The van der Waals surface area contributed by atoms with E-state index < -0.39 is 10.0 Å². The molecule has 0 aliphatic carbocycles. The van der Waals surface area contributed by atoms with Crippen LogP contribution in [0.4, 0.5) is 5.69 Å². The van der Waals surface area contributed by atoms with Crippen LogP contribution in [0, 0.1) is 0 Å². The lowest BCUT2D eigenvalue weighted by Crippen LogP contribution is -2.28. The third-order valence-corrected chi connectivity index (χ3v) is 8.23. The zero-order valence-electron chi connectivity index (χ0n) is 18.3. The van der Waals surface area contributed by atoms with Crippen molar-refractivity contribution in [3.8, 4) is 0 Å². The number of likely N-dealkylation sites (tertiary alicyclic amines) is 1. The number of para-hydroxylation sites is 1. The lowest BCUT2D eigenvalue weighted by molar-refractivity contribution is 0.0794. The first-order valence-corrected chi connectivity index (χ1v) is 13.3. The van der Waals surface area contributed by atoms with Gasteiger partial charge in [-0.25, -0.2) is 8.42 Å². The second kappa shape index (κ2) is 9.08. The standard InChI is InChI=1S/C25H23N3O4S2/c29-24(27-14-6-7-15-27)20-10-4-5-11-21(20)26-34(31,32)19-12-13-22-23(16-19)33-25(30)28(22)17-18-8-2-1-3-9-18/h1-5,8-13,16,26H,6-7,14-15,17H2. The molecular formula is C25H23N3O4S2. The summed E-state index contributed by atoms with van der Waals surface area (Å²) in [6.45, 7) is 1.76. The highest BCUT2D eigenvalue weighted by Crippen LogP contribution is 2.26. The molecule has 4 aromatic rings. The molecule has 1 fully saturated rings. The molecule has 0 saturated carbocycles. The summed E-state index contributed by atoms with van der Waals surface area (Å²) < 4.78 is 31.2. The number of benzene rings is 3. The van der Waals surface area contributed by atoms with Crippen LogP contribution in [0.3, 0.4) is 0 Å². The Morgan fingerprint density at radius 1 is 0.941 bits per heavy atom. The lowest BCUT2D eigenvalue weighted by Gasteiger charge is -2.18. The average molecular weight is 494 g/mol. The van der Waals surface area contributed by atoms with Crippen LogP contribution in [0.2, 0.25) is 0 Å². The summed E-state index contributed by atoms with van der Waals surface area (Å²) in [6, 6.07) is 20.9.